The van der Waals surface area contributed by atoms with Crippen LogP contribution in [0.4, 0.5) is 0 Å². The van der Waals surface area contributed by atoms with E-state index in [4.69, 9.17) is 4.74 Å². The van der Waals surface area contributed by atoms with E-state index in [1.807, 2.05) is 0 Å². The molecule has 0 spiro atoms. The van der Waals surface area contributed by atoms with Crippen molar-refractivity contribution in [1.29, 1.82) is 0 Å². The summed E-state index contributed by atoms with van der Waals surface area (Å²) < 4.78 is 6.87. The maximum atomic E-state index is 12.6. The van der Waals surface area contributed by atoms with Gasteiger partial charge in [-0.3, -0.25) is 9.48 Å². The standard InChI is InChI=1S/C14H22N2O2/c1-16-13(12(18-2)10-15-16)14(17)11-8-6-4-3-5-7-9-11/h10-11H,3-9H2,1-2H3. The lowest BCUT2D eigenvalue weighted by atomic mass is 9.87. The van der Waals surface area contributed by atoms with Gasteiger partial charge < -0.3 is 4.74 Å². The minimum atomic E-state index is 0.148. The monoisotopic (exact) mass is 250 g/mol. The SMILES string of the molecule is COc1cnn(C)c1C(=O)C1CCCCCCC1. The molecule has 1 aliphatic rings. The van der Waals surface area contributed by atoms with Gasteiger partial charge in [0.1, 0.15) is 5.69 Å². The van der Waals surface area contributed by atoms with Crippen molar-refractivity contribution in [2.75, 3.05) is 7.11 Å². The second kappa shape index (κ2) is 6.03. The van der Waals surface area contributed by atoms with Crippen LogP contribution in [0.3, 0.4) is 0 Å². The maximum absolute atomic E-state index is 12.6. The average molecular weight is 250 g/mol. The number of rotatable bonds is 3. The second-order valence-electron chi connectivity index (χ2n) is 5.09. The lowest BCUT2D eigenvalue weighted by molar-refractivity contribution is 0.0885. The van der Waals surface area contributed by atoms with Crippen molar-refractivity contribution in [2.24, 2.45) is 13.0 Å². The lowest BCUT2D eigenvalue weighted by Gasteiger charge is -2.18. The number of ketones is 1. The quantitative estimate of drug-likeness (QED) is 0.775. The molecular weight excluding hydrogens is 228 g/mol. The molecule has 1 fully saturated rings. The van der Waals surface area contributed by atoms with Crippen molar-refractivity contribution in [3.8, 4) is 5.75 Å². The van der Waals surface area contributed by atoms with Crippen LogP contribution in [0.15, 0.2) is 6.20 Å². The van der Waals surface area contributed by atoms with Gasteiger partial charge in [0, 0.05) is 13.0 Å². The van der Waals surface area contributed by atoms with E-state index in [0.29, 0.717) is 11.4 Å². The zero-order valence-electron chi connectivity index (χ0n) is 11.3. The summed E-state index contributed by atoms with van der Waals surface area (Å²) in [5.41, 5.74) is 0.628. The first-order valence-corrected chi connectivity index (χ1v) is 6.84. The first-order valence-electron chi connectivity index (χ1n) is 6.84. The smallest absolute Gasteiger partial charge is 0.187 e. The molecule has 0 unspecified atom stereocenters. The molecule has 0 amide bonds. The van der Waals surface area contributed by atoms with E-state index >= 15 is 0 Å². The summed E-state index contributed by atoms with van der Waals surface area (Å²) in [5.74, 6) is 0.952. The molecule has 1 aliphatic carbocycles. The van der Waals surface area contributed by atoms with Crippen molar-refractivity contribution in [3.63, 3.8) is 0 Å². The molecule has 4 heteroatoms. The summed E-state index contributed by atoms with van der Waals surface area (Å²) in [6.07, 6.45) is 9.79. The van der Waals surface area contributed by atoms with Crippen LogP contribution in [0, 0.1) is 5.92 Å². The van der Waals surface area contributed by atoms with Gasteiger partial charge in [0.2, 0.25) is 0 Å². The third kappa shape index (κ3) is 2.74. The van der Waals surface area contributed by atoms with Crippen LogP contribution in [-0.4, -0.2) is 22.7 Å². The molecule has 1 heterocycles. The predicted octanol–water partition coefficient (Wildman–Crippen LogP) is 2.97. The third-order valence-corrected chi connectivity index (χ3v) is 3.83. The normalized spacial score (nSPS) is 18.1. The number of carbonyl (C=O) groups is 1. The minimum Gasteiger partial charge on any atom is -0.493 e. The van der Waals surface area contributed by atoms with E-state index < -0.39 is 0 Å². The Labute approximate surface area is 108 Å². The largest absolute Gasteiger partial charge is 0.493 e. The Morgan fingerprint density at radius 1 is 1.28 bits per heavy atom. The molecular formula is C14H22N2O2. The highest BCUT2D eigenvalue weighted by atomic mass is 16.5. The van der Waals surface area contributed by atoms with Gasteiger partial charge in [-0.05, 0) is 12.8 Å². The third-order valence-electron chi connectivity index (χ3n) is 3.83. The van der Waals surface area contributed by atoms with Crippen molar-refractivity contribution in [1.82, 2.24) is 9.78 Å². The first kappa shape index (κ1) is 13.1. The van der Waals surface area contributed by atoms with Gasteiger partial charge >= 0.3 is 0 Å². The maximum Gasteiger partial charge on any atom is 0.187 e. The van der Waals surface area contributed by atoms with Crippen LogP contribution in [0.25, 0.3) is 0 Å². The van der Waals surface area contributed by atoms with Crippen LogP contribution < -0.4 is 4.74 Å². The Balaban J connectivity index is 2.15. The number of hydrogen-bond donors (Lipinski definition) is 0. The van der Waals surface area contributed by atoms with Crippen molar-refractivity contribution >= 4 is 5.78 Å². The Morgan fingerprint density at radius 3 is 2.50 bits per heavy atom. The fourth-order valence-corrected chi connectivity index (χ4v) is 2.76. The Kier molecular flexibility index (Phi) is 4.39. The molecule has 1 saturated carbocycles. The minimum absolute atomic E-state index is 0.148. The fraction of sp³-hybridized carbons (Fsp3) is 0.714. The highest BCUT2D eigenvalue weighted by molar-refractivity contribution is 5.98. The van der Waals surface area contributed by atoms with Crippen LogP contribution in [0.2, 0.25) is 0 Å². The second-order valence-corrected chi connectivity index (χ2v) is 5.09. The highest BCUT2D eigenvalue weighted by Gasteiger charge is 2.26. The van der Waals surface area contributed by atoms with E-state index in [-0.39, 0.29) is 11.7 Å². The van der Waals surface area contributed by atoms with E-state index in [9.17, 15) is 4.79 Å². The van der Waals surface area contributed by atoms with Crippen LogP contribution in [-0.2, 0) is 7.05 Å². The Hall–Kier alpha value is -1.32. The fourth-order valence-electron chi connectivity index (χ4n) is 2.76. The van der Waals surface area contributed by atoms with Gasteiger partial charge in [0.15, 0.2) is 11.5 Å². The van der Waals surface area contributed by atoms with Crippen molar-refractivity contribution < 1.29 is 9.53 Å². The van der Waals surface area contributed by atoms with Crippen LogP contribution in [0.1, 0.15) is 55.4 Å². The number of aryl methyl sites for hydroxylation is 1. The molecule has 100 valence electrons. The molecule has 0 bridgehead atoms. The molecule has 2 rings (SSSR count). The van der Waals surface area contributed by atoms with Gasteiger partial charge in [-0.2, -0.15) is 5.10 Å². The van der Waals surface area contributed by atoms with Crippen molar-refractivity contribution in [3.05, 3.63) is 11.9 Å². The lowest BCUT2D eigenvalue weighted by Crippen LogP contribution is -2.19. The number of carbonyl (C=O) groups excluding carboxylic acids is 1. The summed E-state index contributed by atoms with van der Waals surface area (Å²) in [5, 5.41) is 4.12. The molecule has 1 aromatic rings. The van der Waals surface area contributed by atoms with Gasteiger partial charge in [-0.15, -0.1) is 0 Å². The molecule has 18 heavy (non-hydrogen) atoms. The van der Waals surface area contributed by atoms with Gasteiger partial charge in [0.25, 0.3) is 0 Å². The van der Waals surface area contributed by atoms with E-state index in [1.165, 1.54) is 19.3 Å². The predicted molar refractivity (Wildman–Crippen MR) is 69.9 cm³/mol. The molecule has 1 aromatic heterocycles. The summed E-state index contributed by atoms with van der Waals surface area (Å²) in [6.45, 7) is 0. The number of hydrogen-bond acceptors (Lipinski definition) is 3. The number of methoxy groups -OCH3 is 1. The Bertz CT molecular complexity index is 404. The van der Waals surface area contributed by atoms with Gasteiger partial charge in [-0.25, -0.2) is 0 Å². The number of aromatic nitrogens is 2. The number of nitrogens with zero attached hydrogens (tertiary/aromatic N) is 2. The van der Waals surface area contributed by atoms with E-state index in [2.05, 4.69) is 5.10 Å². The molecule has 0 atom stereocenters. The van der Waals surface area contributed by atoms with Crippen LogP contribution in [0.5, 0.6) is 5.75 Å². The number of Topliss-reactive ketones (excluding diaryl/α,β-unsaturated/α-hetero) is 1. The topological polar surface area (TPSA) is 44.1 Å². The zero-order chi connectivity index (χ0) is 13.0. The van der Waals surface area contributed by atoms with Crippen LogP contribution >= 0.6 is 0 Å². The van der Waals surface area contributed by atoms with Crippen molar-refractivity contribution in [2.45, 2.75) is 44.9 Å². The molecule has 0 aliphatic heterocycles. The summed E-state index contributed by atoms with van der Waals surface area (Å²) in [7, 11) is 3.39. The van der Waals surface area contributed by atoms with E-state index in [1.54, 1.807) is 25.0 Å². The zero-order valence-corrected chi connectivity index (χ0v) is 11.3. The summed E-state index contributed by atoms with van der Waals surface area (Å²) in [6, 6.07) is 0. The summed E-state index contributed by atoms with van der Waals surface area (Å²) >= 11 is 0. The van der Waals surface area contributed by atoms with Gasteiger partial charge in [-0.1, -0.05) is 32.1 Å². The molecule has 4 nitrogen and oxygen atoms in total. The molecule has 0 aromatic carbocycles. The Morgan fingerprint density at radius 2 is 1.89 bits per heavy atom. The van der Waals surface area contributed by atoms with Gasteiger partial charge in [0.05, 0.1) is 13.3 Å². The average Bonchev–Trinajstić information content (AvgIpc) is 2.69. The highest BCUT2D eigenvalue weighted by Crippen LogP contribution is 2.28. The molecule has 0 saturated heterocycles. The first-order chi connectivity index (χ1) is 8.74. The number of ether oxygens (including phenoxy) is 1. The molecule has 0 N–H and O–H groups in total. The van der Waals surface area contributed by atoms with E-state index in [0.717, 1.165) is 25.7 Å². The summed E-state index contributed by atoms with van der Waals surface area (Å²) in [4.78, 5) is 12.6. The molecule has 0 radical (unpaired) electrons.